The number of aliphatic carboxylic acids is 1. The van der Waals surface area contributed by atoms with Gasteiger partial charge in [0.05, 0.1) is 6.61 Å². The van der Waals surface area contributed by atoms with Crippen molar-refractivity contribution in [3.05, 3.63) is 29.8 Å². The molecular weight excluding hydrogens is 286 g/mol. The number of nitrogens with one attached hydrogen (secondary N) is 1. The Balaban J connectivity index is 2.32. The quantitative estimate of drug-likeness (QED) is 0.645. The van der Waals surface area contributed by atoms with Gasteiger partial charge in [0, 0.05) is 19.6 Å². The van der Waals surface area contributed by atoms with Crippen LogP contribution in [0.2, 0.25) is 0 Å². The number of carboxylic acids is 1. The number of hydrogen-bond donors (Lipinski definition) is 2. The Kier molecular flexibility index (Phi) is 7.99. The Hall–Kier alpha value is -2.08. The average Bonchev–Trinajstić information content (AvgIpc) is 2.50. The number of benzene rings is 1. The zero-order valence-corrected chi connectivity index (χ0v) is 13.0. The van der Waals surface area contributed by atoms with E-state index in [4.69, 9.17) is 14.6 Å². The van der Waals surface area contributed by atoms with Gasteiger partial charge in [-0.1, -0.05) is 12.1 Å². The second-order valence-electron chi connectivity index (χ2n) is 4.81. The summed E-state index contributed by atoms with van der Waals surface area (Å²) in [7, 11) is 0. The fourth-order valence-electron chi connectivity index (χ4n) is 1.78. The molecule has 0 aliphatic carbocycles. The van der Waals surface area contributed by atoms with Crippen molar-refractivity contribution in [1.29, 1.82) is 0 Å². The van der Waals surface area contributed by atoms with Crippen LogP contribution in [0.5, 0.6) is 5.75 Å². The third kappa shape index (κ3) is 7.08. The fourth-order valence-corrected chi connectivity index (χ4v) is 1.78. The second-order valence-corrected chi connectivity index (χ2v) is 4.81. The molecule has 0 aliphatic rings. The normalized spacial score (nSPS) is 11.7. The lowest BCUT2D eigenvalue weighted by Crippen LogP contribution is -2.34. The molecule has 0 saturated carbocycles. The fraction of sp³-hybridized carbons (Fsp3) is 0.500. The van der Waals surface area contributed by atoms with E-state index >= 15 is 0 Å². The summed E-state index contributed by atoms with van der Waals surface area (Å²) in [5.41, 5.74) is 0.954. The van der Waals surface area contributed by atoms with Crippen LogP contribution in [0, 0.1) is 0 Å². The molecule has 2 N–H and O–H groups in total. The van der Waals surface area contributed by atoms with E-state index in [-0.39, 0.29) is 12.3 Å². The maximum atomic E-state index is 11.7. The van der Waals surface area contributed by atoms with Gasteiger partial charge in [-0.05, 0) is 38.0 Å². The average molecular weight is 309 g/mol. The lowest BCUT2D eigenvalue weighted by molar-refractivity contribution is -0.137. The van der Waals surface area contributed by atoms with Gasteiger partial charge in [0.15, 0.2) is 0 Å². The first-order valence-corrected chi connectivity index (χ1v) is 7.35. The topological polar surface area (TPSA) is 84.9 Å². The van der Waals surface area contributed by atoms with Crippen molar-refractivity contribution >= 4 is 11.9 Å². The Morgan fingerprint density at radius 3 is 2.55 bits per heavy atom. The number of carbonyl (C=O) groups excluding carboxylic acids is 1. The number of rotatable bonds is 10. The molecule has 1 atom stereocenters. The number of ether oxygens (including phenoxy) is 2. The standard InChI is InChI=1S/C16H23NO5/c1-3-21-12(2)16(20)17-11-13-6-8-14(9-7-13)22-10-4-5-15(18)19/h6-9,12H,3-5,10-11H2,1-2H3,(H,17,20)(H,18,19). The monoisotopic (exact) mass is 309 g/mol. The first kappa shape index (κ1) is 18.0. The Morgan fingerprint density at radius 1 is 1.27 bits per heavy atom. The molecule has 122 valence electrons. The van der Waals surface area contributed by atoms with Gasteiger partial charge in [-0.2, -0.15) is 0 Å². The zero-order chi connectivity index (χ0) is 16.4. The summed E-state index contributed by atoms with van der Waals surface area (Å²) >= 11 is 0. The molecule has 0 bridgehead atoms. The van der Waals surface area contributed by atoms with Gasteiger partial charge in [-0.25, -0.2) is 0 Å². The largest absolute Gasteiger partial charge is 0.494 e. The highest BCUT2D eigenvalue weighted by molar-refractivity contribution is 5.80. The predicted octanol–water partition coefficient (Wildman–Crippen LogP) is 1.97. The van der Waals surface area contributed by atoms with Crippen molar-refractivity contribution in [2.75, 3.05) is 13.2 Å². The minimum absolute atomic E-state index is 0.0993. The summed E-state index contributed by atoms with van der Waals surface area (Å²) in [6.07, 6.45) is 0.117. The van der Waals surface area contributed by atoms with E-state index in [2.05, 4.69) is 5.32 Å². The molecule has 0 aromatic heterocycles. The van der Waals surface area contributed by atoms with E-state index in [9.17, 15) is 9.59 Å². The maximum absolute atomic E-state index is 11.7. The predicted molar refractivity (Wildman–Crippen MR) is 81.7 cm³/mol. The lowest BCUT2D eigenvalue weighted by Gasteiger charge is -2.12. The second kappa shape index (κ2) is 9.78. The van der Waals surface area contributed by atoms with Crippen LogP contribution < -0.4 is 10.1 Å². The van der Waals surface area contributed by atoms with Crippen LogP contribution in [0.15, 0.2) is 24.3 Å². The molecule has 1 amide bonds. The van der Waals surface area contributed by atoms with E-state index in [1.54, 1.807) is 19.1 Å². The van der Waals surface area contributed by atoms with Crippen LogP contribution in [-0.4, -0.2) is 36.3 Å². The minimum atomic E-state index is -0.823. The Labute approximate surface area is 130 Å². The minimum Gasteiger partial charge on any atom is -0.494 e. The van der Waals surface area contributed by atoms with Crippen LogP contribution in [0.3, 0.4) is 0 Å². The van der Waals surface area contributed by atoms with Gasteiger partial charge in [0.25, 0.3) is 0 Å². The molecule has 1 aromatic rings. The number of amides is 1. The van der Waals surface area contributed by atoms with Gasteiger partial charge in [0.1, 0.15) is 11.9 Å². The van der Waals surface area contributed by atoms with Crippen molar-refractivity contribution in [1.82, 2.24) is 5.32 Å². The van der Waals surface area contributed by atoms with E-state index in [0.29, 0.717) is 31.9 Å². The van der Waals surface area contributed by atoms with Gasteiger partial charge >= 0.3 is 5.97 Å². The third-order valence-corrected chi connectivity index (χ3v) is 2.98. The highest BCUT2D eigenvalue weighted by atomic mass is 16.5. The summed E-state index contributed by atoms with van der Waals surface area (Å²) in [5.74, 6) is -0.282. The summed E-state index contributed by atoms with van der Waals surface area (Å²) in [6.45, 7) is 4.86. The number of carbonyl (C=O) groups is 2. The van der Waals surface area contributed by atoms with Crippen molar-refractivity contribution in [3.8, 4) is 5.75 Å². The molecule has 1 rings (SSSR count). The molecule has 0 aliphatic heterocycles. The Bertz CT molecular complexity index is 472. The van der Waals surface area contributed by atoms with E-state index in [1.807, 2.05) is 19.1 Å². The summed E-state index contributed by atoms with van der Waals surface area (Å²) in [6, 6.07) is 7.32. The van der Waals surface area contributed by atoms with Crippen LogP contribution in [0.1, 0.15) is 32.3 Å². The highest BCUT2D eigenvalue weighted by Gasteiger charge is 2.11. The van der Waals surface area contributed by atoms with Gasteiger partial charge in [-0.3, -0.25) is 9.59 Å². The van der Waals surface area contributed by atoms with Crippen LogP contribution >= 0.6 is 0 Å². The molecule has 1 unspecified atom stereocenters. The van der Waals surface area contributed by atoms with Gasteiger partial charge in [-0.15, -0.1) is 0 Å². The molecule has 0 saturated heterocycles. The van der Waals surface area contributed by atoms with Gasteiger partial charge in [0.2, 0.25) is 5.91 Å². The molecule has 0 heterocycles. The number of hydrogen-bond acceptors (Lipinski definition) is 4. The van der Waals surface area contributed by atoms with Crippen molar-refractivity contribution in [3.63, 3.8) is 0 Å². The number of carboxylic acid groups (broad SMARTS) is 1. The molecule has 0 spiro atoms. The smallest absolute Gasteiger partial charge is 0.303 e. The molecular formula is C16H23NO5. The van der Waals surface area contributed by atoms with Gasteiger partial charge < -0.3 is 19.9 Å². The van der Waals surface area contributed by atoms with Crippen LogP contribution in [0.4, 0.5) is 0 Å². The molecule has 6 nitrogen and oxygen atoms in total. The molecule has 0 radical (unpaired) electrons. The summed E-state index contributed by atoms with van der Waals surface area (Å²) < 4.78 is 10.6. The maximum Gasteiger partial charge on any atom is 0.303 e. The molecule has 1 aromatic carbocycles. The summed E-state index contributed by atoms with van der Waals surface area (Å²) in [4.78, 5) is 22.1. The van der Waals surface area contributed by atoms with Crippen molar-refractivity contribution < 1.29 is 24.2 Å². The summed E-state index contributed by atoms with van der Waals surface area (Å²) in [5, 5.41) is 11.3. The first-order chi connectivity index (χ1) is 10.5. The highest BCUT2D eigenvalue weighted by Crippen LogP contribution is 2.12. The van der Waals surface area contributed by atoms with Crippen LogP contribution in [0.25, 0.3) is 0 Å². The third-order valence-electron chi connectivity index (χ3n) is 2.98. The van der Waals surface area contributed by atoms with E-state index in [1.165, 1.54) is 0 Å². The first-order valence-electron chi connectivity index (χ1n) is 7.35. The SMILES string of the molecule is CCOC(C)C(=O)NCc1ccc(OCCCC(=O)O)cc1. The zero-order valence-electron chi connectivity index (χ0n) is 13.0. The van der Waals surface area contributed by atoms with Crippen molar-refractivity contribution in [2.45, 2.75) is 39.3 Å². The molecule has 0 fully saturated rings. The molecule has 6 heteroatoms. The van der Waals surface area contributed by atoms with Crippen molar-refractivity contribution in [2.24, 2.45) is 0 Å². The van der Waals surface area contributed by atoms with Crippen LogP contribution in [-0.2, 0) is 20.9 Å². The molecule has 22 heavy (non-hydrogen) atoms. The van der Waals surface area contributed by atoms with E-state index in [0.717, 1.165) is 5.56 Å². The van der Waals surface area contributed by atoms with E-state index < -0.39 is 12.1 Å². The Morgan fingerprint density at radius 2 is 1.95 bits per heavy atom. The lowest BCUT2D eigenvalue weighted by atomic mass is 10.2.